The molecule has 1 aromatic heterocycles. The summed E-state index contributed by atoms with van der Waals surface area (Å²) in [6.07, 6.45) is 0. The highest BCUT2D eigenvalue weighted by Gasteiger charge is 2.18. The smallest absolute Gasteiger partial charge is 0.267 e. The zero-order valence-corrected chi connectivity index (χ0v) is 17.6. The van der Waals surface area contributed by atoms with Crippen molar-refractivity contribution in [2.45, 2.75) is 20.4 Å². The second kappa shape index (κ2) is 9.26. The molecule has 0 N–H and O–H groups in total. The summed E-state index contributed by atoms with van der Waals surface area (Å²) in [5.41, 5.74) is 2.64. The predicted molar refractivity (Wildman–Crippen MR) is 116 cm³/mol. The molecular formula is C23H25N3O4. The van der Waals surface area contributed by atoms with Gasteiger partial charge in [-0.2, -0.15) is 5.10 Å². The molecule has 0 spiro atoms. The number of amides is 1. The molecule has 0 atom stereocenters. The zero-order chi connectivity index (χ0) is 21.7. The average molecular weight is 407 g/mol. The zero-order valence-electron chi connectivity index (χ0n) is 17.6. The van der Waals surface area contributed by atoms with Crippen LogP contribution in [0.25, 0.3) is 11.3 Å². The number of ether oxygens (including phenoxy) is 2. The number of likely N-dealkylation sites (N-methyl/N-ethyl adjacent to an activating group) is 1. The van der Waals surface area contributed by atoms with E-state index >= 15 is 0 Å². The van der Waals surface area contributed by atoms with E-state index in [9.17, 15) is 9.59 Å². The number of aryl methyl sites for hydroxylation is 1. The number of carbonyl (C=O) groups excluding carboxylic acids is 1. The molecule has 3 rings (SSSR count). The summed E-state index contributed by atoms with van der Waals surface area (Å²) in [5.74, 6) is 1.02. The molecule has 1 heterocycles. The number of carbonyl (C=O) groups is 1. The van der Waals surface area contributed by atoms with Crippen molar-refractivity contribution < 1.29 is 14.3 Å². The van der Waals surface area contributed by atoms with Crippen LogP contribution in [0.2, 0.25) is 0 Å². The third-order valence-corrected chi connectivity index (χ3v) is 4.86. The van der Waals surface area contributed by atoms with Gasteiger partial charge in [0.05, 0.1) is 19.9 Å². The number of anilines is 1. The van der Waals surface area contributed by atoms with Gasteiger partial charge in [-0.3, -0.25) is 9.59 Å². The largest absolute Gasteiger partial charge is 0.497 e. The maximum absolute atomic E-state index is 13.0. The lowest BCUT2D eigenvalue weighted by Gasteiger charge is -2.23. The van der Waals surface area contributed by atoms with E-state index in [1.165, 1.54) is 10.7 Å². The molecule has 0 radical (unpaired) electrons. The van der Waals surface area contributed by atoms with E-state index < -0.39 is 0 Å². The van der Waals surface area contributed by atoms with E-state index in [-0.39, 0.29) is 18.0 Å². The molecule has 156 valence electrons. The first-order valence-corrected chi connectivity index (χ1v) is 9.65. The van der Waals surface area contributed by atoms with Crippen molar-refractivity contribution >= 4 is 11.6 Å². The van der Waals surface area contributed by atoms with Crippen molar-refractivity contribution in [1.82, 2.24) is 9.78 Å². The molecule has 0 saturated carbocycles. The van der Waals surface area contributed by atoms with Crippen LogP contribution in [0.3, 0.4) is 0 Å². The summed E-state index contributed by atoms with van der Waals surface area (Å²) in [6.45, 7) is 4.17. The van der Waals surface area contributed by atoms with E-state index in [0.717, 1.165) is 11.3 Å². The van der Waals surface area contributed by atoms with Gasteiger partial charge >= 0.3 is 0 Å². The van der Waals surface area contributed by atoms with Crippen molar-refractivity contribution in [2.75, 3.05) is 25.7 Å². The van der Waals surface area contributed by atoms with Gasteiger partial charge in [0.2, 0.25) is 5.91 Å². The highest BCUT2D eigenvalue weighted by atomic mass is 16.5. The maximum Gasteiger partial charge on any atom is 0.267 e. The fourth-order valence-electron chi connectivity index (χ4n) is 3.28. The molecule has 0 aliphatic rings. The Balaban J connectivity index is 1.96. The molecule has 30 heavy (non-hydrogen) atoms. The van der Waals surface area contributed by atoms with Gasteiger partial charge in [0.25, 0.3) is 5.56 Å². The van der Waals surface area contributed by atoms with Crippen LogP contribution in [-0.2, 0) is 11.3 Å². The summed E-state index contributed by atoms with van der Waals surface area (Å²) < 4.78 is 11.9. The summed E-state index contributed by atoms with van der Waals surface area (Å²) in [4.78, 5) is 27.1. The summed E-state index contributed by atoms with van der Waals surface area (Å²) in [6, 6.07) is 16.0. The van der Waals surface area contributed by atoms with Gasteiger partial charge < -0.3 is 14.4 Å². The SMILES string of the molecule is CCN(C(=O)Cn1nc(-c2cc(OC)ccc2OC)ccc1=O)c1ccccc1C. The Bertz CT molecular complexity index is 1110. The van der Waals surface area contributed by atoms with Crippen LogP contribution in [0.1, 0.15) is 12.5 Å². The molecule has 7 heteroatoms. The van der Waals surface area contributed by atoms with E-state index in [0.29, 0.717) is 29.3 Å². The number of benzene rings is 2. The number of hydrogen-bond acceptors (Lipinski definition) is 5. The van der Waals surface area contributed by atoms with Crippen molar-refractivity contribution in [2.24, 2.45) is 0 Å². The fraction of sp³-hybridized carbons (Fsp3) is 0.261. The Kier molecular flexibility index (Phi) is 6.51. The summed E-state index contributed by atoms with van der Waals surface area (Å²) in [7, 11) is 3.13. The van der Waals surface area contributed by atoms with Crippen LogP contribution in [0.4, 0.5) is 5.69 Å². The molecule has 0 aliphatic heterocycles. The molecule has 0 unspecified atom stereocenters. The van der Waals surface area contributed by atoms with Crippen LogP contribution >= 0.6 is 0 Å². The third-order valence-electron chi connectivity index (χ3n) is 4.86. The minimum atomic E-state index is -0.352. The highest BCUT2D eigenvalue weighted by molar-refractivity contribution is 5.93. The standard InChI is InChI=1S/C23H25N3O4/c1-5-25(20-9-7-6-8-16(20)2)23(28)15-26-22(27)13-11-19(24-26)18-14-17(29-3)10-12-21(18)30-4/h6-14H,5,15H2,1-4H3. The van der Waals surface area contributed by atoms with E-state index in [2.05, 4.69) is 5.10 Å². The Labute approximate surface area is 175 Å². The molecule has 0 saturated heterocycles. The van der Waals surface area contributed by atoms with Crippen molar-refractivity contribution in [3.63, 3.8) is 0 Å². The summed E-state index contributed by atoms with van der Waals surface area (Å²) >= 11 is 0. The van der Waals surface area contributed by atoms with Gasteiger partial charge in [-0.25, -0.2) is 4.68 Å². The lowest BCUT2D eigenvalue weighted by Crippen LogP contribution is -2.37. The number of aromatic nitrogens is 2. The monoisotopic (exact) mass is 407 g/mol. The van der Waals surface area contributed by atoms with Crippen LogP contribution in [-0.4, -0.2) is 36.5 Å². The van der Waals surface area contributed by atoms with E-state index in [1.54, 1.807) is 43.4 Å². The molecule has 0 fully saturated rings. The minimum Gasteiger partial charge on any atom is -0.497 e. The number of para-hydroxylation sites is 1. The topological polar surface area (TPSA) is 73.7 Å². The minimum absolute atomic E-state index is 0.166. The van der Waals surface area contributed by atoms with E-state index in [1.807, 2.05) is 38.1 Å². The lowest BCUT2D eigenvalue weighted by atomic mass is 10.1. The first kappa shape index (κ1) is 21.1. The Morgan fingerprint density at radius 3 is 2.50 bits per heavy atom. The van der Waals surface area contributed by atoms with Crippen molar-refractivity contribution in [3.05, 3.63) is 70.5 Å². The first-order chi connectivity index (χ1) is 14.5. The van der Waals surface area contributed by atoms with Gasteiger partial charge in [0.1, 0.15) is 18.0 Å². The van der Waals surface area contributed by atoms with Crippen LogP contribution in [0, 0.1) is 6.92 Å². The molecule has 1 amide bonds. The fourth-order valence-corrected chi connectivity index (χ4v) is 3.28. The molecule has 2 aromatic carbocycles. The third kappa shape index (κ3) is 4.35. The predicted octanol–water partition coefficient (Wildman–Crippen LogP) is 3.29. The Morgan fingerprint density at radius 1 is 1.07 bits per heavy atom. The molecular weight excluding hydrogens is 382 g/mol. The maximum atomic E-state index is 13.0. The number of hydrogen-bond donors (Lipinski definition) is 0. The van der Waals surface area contributed by atoms with Gasteiger partial charge in [-0.1, -0.05) is 18.2 Å². The Morgan fingerprint density at radius 2 is 1.83 bits per heavy atom. The normalized spacial score (nSPS) is 10.5. The number of rotatable bonds is 7. The molecule has 7 nitrogen and oxygen atoms in total. The number of methoxy groups -OCH3 is 2. The van der Waals surface area contributed by atoms with Gasteiger partial charge in [0.15, 0.2) is 0 Å². The van der Waals surface area contributed by atoms with Gasteiger partial charge in [-0.05, 0) is 49.7 Å². The second-order valence-corrected chi connectivity index (χ2v) is 6.71. The van der Waals surface area contributed by atoms with E-state index in [4.69, 9.17) is 9.47 Å². The average Bonchev–Trinajstić information content (AvgIpc) is 2.76. The second-order valence-electron chi connectivity index (χ2n) is 6.71. The highest BCUT2D eigenvalue weighted by Crippen LogP contribution is 2.31. The lowest BCUT2D eigenvalue weighted by molar-refractivity contribution is -0.119. The van der Waals surface area contributed by atoms with Crippen LogP contribution < -0.4 is 19.9 Å². The van der Waals surface area contributed by atoms with Crippen molar-refractivity contribution in [1.29, 1.82) is 0 Å². The van der Waals surface area contributed by atoms with Crippen LogP contribution in [0.5, 0.6) is 11.5 Å². The Hall–Kier alpha value is -3.61. The van der Waals surface area contributed by atoms with Gasteiger partial charge in [-0.15, -0.1) is 0 Å². The van der Waals surface area contributed by atoms with Crippen LogP contribution in [0.15, 0.2) is 59.4 Å². The molecule has 0 bridgehead atoms. The molecule has 3 aromatic rings. The summed E-state index contributed by atoms with van der Waals surface area (Å²) in [5, 5.41) is 4.42. The quantitative estimate of drug-likeness (QED) is 0.601. The van der Waals surface area contributed by atoms with Gasteiger partial charge in [0, 0.05) is 23.9 Å². The molecule has 0 aliphatic carbocycles. The number of nitrogens with zero attached hydrogens (tertiary/aromatic N) is 3. The first-order valence-electron chi connectivity index (χ1n) is 9.65. The van der Waals surface area contributed by atoms with Crippen molar-refractivity contribution in [3.8, 4) is 22.8 Å².